The van der Waals surface area contributed by atoms with E-state index in [2.05, 4.69) is 4.98 Å². The van der Waals surface area contributed by atoms with Crippen LogP contribution in [0.5, 0.6) is 0 Å². The number of nitrogens with zero attached hydrogens (tertiary/aromatic N) is 3. The Labute approximate surface area is 177 Å². The van der Waals surface area contributed by atoms with Crippen molar-refractivity contribution >= 4 is 26.8 Å². The highest BCUT2D eigenvalue weighted by atomic mass is 32.2. The van der Waals surface area contributed by atoms with Gasteiger partial charge in [0.1, 0.15) is 10.7 Å². The molecule has 1 aliphatic rings. The van der Waals surface area contributed by atoms with E-state index in [0.29, 0.717) is 24.8 Å². The van der Waals surface area contributed by atoms with Gasteiger partial charge in [0.05, 0.1) is 17.8 Å². The number of carbonyl (C=O) groups is 1. The summed E-state index contributed by atoms with van der Waals surface area (Å²) in [5, 5.41) is 8.96. The van der Waals surface area contributed by atoms with Gasteiger partial charge >= 0.3 is 6.09 Å². The molecule has 0 spiro atoms. The highest BCUT2D eigenvalue weighted by Gasteiger charge is 2.24. The Morgan fingerprint density at radius 2 is 1.94 bits per heavy atom. The number of pyridine rings is 1. The van der Waals surface area contributed by atoms with Crippen LogP contribution in [0.15, 0.2) is 41.6 Å². The van der Waals surface area contributed by atoms with Crippen LogP contribution < -0.4 is 0 Å². The predicted octanol–water partition coefficient (Wildman–Crippen LogP) is 3.62. The standard InChI is InChI=1S/C21H21F2N3O4S/c1-31(29,30)18-10-17(22)20-16(19(18)23)6-9-26(20)12-15-3-2-14(11-24-15)13-4-7-25(8-5-13)21(27)28/h2-3,6,9-11,13H,4-5,7-8,12H2,1H3,(H,27,28). The lowest BCUT2D eigenvalue weighted by molar-refractivity contribution is 0.132. The zero-order valence-corrected chi connectivity index (χ0v) is 17.6. The maximum absolute atomic E-state index is 14.6. The van der Waals surface area contributed by atoms with Gasteiger partial charge in [0.2, 0.25) is 0 Å². The Hall–Kier alpha value is -3.01. The molecule has 10 heteroatoms. The summed E-state index contributed by atoms with van der Waals surface area (Å²) >= 11 is 0. The second kappa shape index (κ2) is 7.92. The van der Waals surface area contributed by atoms with Crippen LogP contribution in [-0.2, 0) is 16.4 Å². The molecule has 164 valence electrons. The van der Waals surface area contributed by atoms with E-state index >= 15 is 0 Å². The lowest BCUT2D eigenvalue weighted by atomic mass is 9.90. The number of fused-ring (bicyclic) bond motifs is 1. The van der Waals surface area contributed by atoms with Gasteiger partial charge in [-0.3, -0.25) is 4.98 Å². The third-order valence-electron chi connectivity index (χ3n) is 5.72. The lowest BCUT2D eigenvalue weighted by Crippen LogP contribution is -2.36. The predicted molar refractivity (Wildman–Crippen MR) is 110 cm³/mol. The minimum Gasteiger partial charge on any atom is -0.465 e. The number of likely N-dealkylation sites (tertiary alicyclic amines) is 1. The molecule has 1 saturated heterocycles. The first kappa shape index (κ1) is 21.2. The van der Waals surface area contributed by atoms with Crippen LogP contribution in [0, 0.1) is 11.6 Å². The molecule has 2 aromatic heterocycles. The third kappa shape index (κ3) is 4.12. The summed E-state index contributed by atoms with van der Waals surface area (Å²) in [6.07, 6.45) is 4.62. The average Bonchev–Trinajstić information content (AvgIpc) is 3.15. The molecule has 0 unspecified atom stereocenters. The fourth-order valence-electron chi connectivity index (χ4n) is 4.05. The molecular weight excluding hydrogens is 428 g/mol. The van der Waals surface area contributed by atoms with Gasteiger partial charge in [-0.2, -0.15) is 0 Å². The number of hydrogen-bond acceptors (Lipinski definition) is 4. The highest BCUT2D eigenvalue weighted by Crippen LogP contribution is 2.30. The third-order valence-corrected chi connectivity index (χ3v) is 6.81. The first-order valence-corrected chi connectivity index (χ1v) is 11.6. The molecule has 1 aromatic carbocycles. The smallest absolute Gasteiger partial charge is 0.407 e. The number of carboxylic acid groups (broad SMARTS) is 1. The fourth-order valence-corrected chi connectivity index (χ4v) is 4.80. The van der Waals surface area contributed by atoms with E-state index in [0.717, 1.165) is 24.7 Å². The first-order valence-electron chi connectivity index (χ1n) is 9.74. The van der Waals surface area contributed by atoms with Gasteiger partial charge in [-0.15, -0.1) is 0 Å². The van der Waals surface area contributed by atoms with Gasteiger partial charge in [-0.05, 0) is 42.5 Å². The molecule has 31 heavy (non-hydrogen) atoms. The van der Waals surface area contributed by atoms with E-state index in [1.165, 1.54) is 21.7 Å². The van der Waals surface area contributed by atoms with Crippen LogP contribution >= 0.6 is 0 Å². The molecule has 0 aliphatic carbocycles. The summed E-state index contributed by atoms with van der Waals surface area (Å²) < 4.78 is 54.2. The number of piperidine rings is 1. The highest BCUT2D eigenvalue weighted by molar-refractivity contribution is 7.90. The molecule has 0 radical (unpaired) electrons. The molecule has 3 heterocycles. The Bertz CT molecular complexity index is 1250. The number of benzene rings is 1. The number of sulfone groups is 1. The van der Waals surface area contributed by atoms with E-state index in [1.807, 2.05) is 12.1 Å². The second-order valence-corrected chi connectivity index (χ2v) is 9.76. The summed E-state index contributed by atoms with van der Waals surface area (Å²) in [5.41, 5.74) is 1.63. The molecular formula is C21H21F2N3O4S. The number of hydrogen-bond donors (Lipinski definition) is 1. The van der Waals surface area contributed by atoms with Gasteiger partial charge < -0.3 is 14.6 Å². The minimum atomic E-state index is -3.89. The Balaban J connectivity index is 1.55. The monoisotopic (exact) mass is 449 g/mol. The molecule has 4 rings (SSSR count). The average molecular weight is 449 g/mol. The van der Waals surface area contributed by atoms with Crippen LogP contribution in [0.1, 0.15) is 30.0 Å². The Morgan fingerprint density at radius 3 is 2.52 bits per heavy atom. The van der Waals surface area contributed by atoms with Gasteiger partial charge in [-0.25, -0.2) is 22.0 Å². The molecule has 1 amide bonds. The molecule has 1 N–H and O–H groups in total. The molecule has 1 fully saturated rings. The topological polar surface area (TPSA) is 92.5 Å². The van der Waals surface area contributed by atoms with Crippen LogP contribution in [0.2, 0.25) is 0 Å². The van der Waals surface area contributed by atoms with E-state index in [-0.39, 0.29) is 23.4 Å². The first-order chi connectivity index (χ1) is 14.6. The largest absolute Gasteiger partial charge is 0.465 e. The van der Waals surface area contributed by atoms with Crippen molar-refractivity contribution in [1.29, 1.82) is 0 Å². The Kier molecular flexibility index (Phi) is 5.42. The van der Waals surface area contributed by atoms with Crippen molar-refractivity contribution < 1.29 is 27.1 Å². The van der Waals surface area contributed by atoms with Crippen LogP contribution in [0.4, 0.5) is 13.6 Å². The van der Waals surface area contributed by atoms with Crippen molar-refractivity contribution in [3.8, 4) is 0 Å². The van der Waals surface area contributed by atoms with E-state index in [1.54, 1.807) is 6.20 Å². The van der Waals surface area contributed by atoms with Crippen molar-refractivity contribution in [1.82, 2.24) is 14.5 Å². The van der Waals surface area contributed by atoms with Gasteiger partial charge in [-0.1, -0.05) is 6.07 Å². The summed E-state index contributed by atoms with van der Waals surface area (Å²) in [5.74, 6) is -1.55. The van der Waals surface area contributed by atoms with Crippen LogP contribution in [0.25, 0.3) is 10.9 Å². The molecule has 3 aromatic rings. The van der Waals surface area contributed by atoms with Gasteiger partial charge in [0.25, 0.3) is 0 Å². The van der Waals surface area contributed by atoms with Crippen molar-refractivity contribution in [3.05, 3.63) is 59.6 Å². The minimum absolute atomic E-state index is 0.0168. The SMILES string of the molecule is CS(=O)(=O)c1cc(F)c2c(ccn2Cc2ccc(C3CCN(C(=O)O)CC3)cn2)c1F. The number of amides is 1. The molecule has 0 bridgehead atoms. The van der Waals surface area contributed by atoms with Gasteiger partial charge in [0.15, 0.2) is 15.7 Å². The molecule has 0 atom stereocenters. The van der Waals surface area contributed by atoms with Crippen molar-refractivity contribution in [2.75, 3.05) is 19.3 Å². The quantitative estimate of drug-likeness (QED) is 0.657. The zero-order valence-electron chi connectivity index (χ0n) is 16.8. The maximum Gasteiger partial charge on any atom is 0.407 e. The van der Waals surface area contributed by atoms with E-state index < -0.39 is 32.5 Å². The van der Waals surface area contributed by atoms with Crippen LogP contribution in [0.3, 0.4) is 0 Å². The zero-order chi connectivity index (χ0) is 22.3. The van der Waals surface area contributed by atoms with Crippen LogP contribution in [-0.4, -0.2) is 53.4 Å². The van der Waals surface area contributed by atoms with E-state index in [4.69, 9.17) is 5.11 Å². The summed E-state index contributed by atoms with van der Waals surface area (Å²) in [4.78, 5) is 16.2. The molecule has 0 saturated carbocycles. The Morgan fingerprint density at radius 1 is 1.23 bits per heavy atom. The molecule has 7 nitrogen and oxygen atoms in total. The fraction of sp³-hybridized carbons (Fsp3) is 0.333. The summed E-state index contributed by atoms with van der Waals surface area (Å²) in [6.45, 7) is 1.16. The number of rotatable bonds is 4. The summed E-state index contributed by atoms with van der Waals surface area (Å²) in [7, 11) is -3.89. The van der Waals surface area contributed by atoms with E-state index in [9.17, 15) is 22.0 Å². The molecule has 1 aliphatic heterocycles. The summed E-state index contributed by atoms with van der Waals surface area (Å²) in [6, 6.07) is 5.80. The maximum atomic E-state index is 14.6. The van der Waals surface area contributed by atoms with Gasteiger partial charge in [0, 0.05) is 37.1 Å². The van der Waals surface area contributed by atoms with Crippen molar-refractivity contribution in [2.45, 2.75) is 30.2 Å². The number of aromatic nitrogens is 2. The normalized spacial score (nSPS) is 15.5. The lowest BCUT2D eigenvalue weighted by Gasteiger charge is -2.30. The van der Waals surface area contributed by atoms with Crippen molar-refractivity contribution in [2.24, 2.45) is 0 Å². The van der Waals surface area contributed by atoms with Crippen molar-refractivity contribution in [3.63, 3.8) is 0 Å². The second-order valence-electron chi connectivity index (χ2n) is 7.78. The number of halogens is 2.